The molecule has 0 saturated heterocycles. The highest BCUT2D eigenvalue weighted by atomic mass is 19.1. The van der Waals surface area contributed by atoms with E-state index in [2.05, 4.69) is 10.6 Å². The van der Waals surface area contributed by atoms with E-state index in [1.54, 1.807) is 14.0 Å². The lowest BCUT2D eigenvalue weighted by atomic mass is 10.1. The van der Waals surface area contributed by atoms with Gasteiger partial charge in [0.25, 0.3) is 0 Å². The largest absolute Gasteiger partial charge is 0.497 e. The molecule has 2 rings (SSSR count). The minimum absolute atomic E-state index is 0.334. The normalized spacial score (nSPS) is 10.1. The maximum absolute atomic E-state index is 13.2. The molecule has 0 aliphatic carbocycles. The van der Waals surface area contributed by atoms with Crippen LogP contribution in [0.3, 0.4) is 0 Å². The second kappa shape index (κ2) is 8.10. The smallest absolute Gasteiger partial charge is 0.313 e. The number of nitrogens with one attached hydrogen (secondary N) is 2. The van der Waals surface area contributed by atoms with Crippen molar-refractivity contribution in [3.63, 3.8) is 0 Å². The van der Waals surface area contributed by atoms with Gasteiger partial charge >= 0.3 is 11.8 Å². The van der Waals surface area contributed by atoms with Gasteiger partial charge < -0.3 is 15.4 Å². The zero-order chi connectivity index (χ0) is 17.5. The fourth-order valence-electron chi connectivity index (χ4n) is 2.10. The molecule has 2 aromatic rings. The average Bonchev–Trinajstić information content (AvgIpc) is 2.58. The van der Waals surface area contributed by atoms with Crippen LogP contribution in [0.25, 0.3) is 0 Å². The molecule has 126 valence electrons. The second-order valence-corrected chi connectivity index (χ2v) is 5.27. The molecule has 0 unspecified atom stereocenters. The van der Waals surface area contributed by atoms with Crippen molar-refractivity contribution >= 4 is 17.5 Å². The standard InChI is InChI=1S/C18H19FN2O3/c1-12-11-14(5-8-16(12)19)21-18(23)17(22)20-10-9-13-3-6-15(24-2)7-4-13/h3-8,11H,9-10H2,1-2H3,(H,20,22)(H,21,23). The summed E-state index contributed by atoms with van der Waals surface area (Å²) in [5.74, 6) is -1.12. The lowest BCUT2D eigenvalue weighted by molar-refractivity contribution is -0.136. The van der Waals surface area contributed by atoms with Gasteiger partial charge in [0.1, 0.15) is 11.6 Å². The monoisotopic (exact) mass is 330 g/mol. The van der Waals surface area contributed by atoms with Crippen molar-refractivity contribution in [3.8, 4) is 5.75 Å². The number of benzene rings is 2. The summed E-state index contributed by atoms with van der Waals surface area (Å²) >= 11 is 0. The van der Waals surface area contributed by atoms with Crippen LogP contribution in [0.2, 0.25) is 0 Å². The maximum Gasteiger partial charge on any atom is 0.313 e. The number of hydrogen-bond donors (Lipinski definition) is 2. The zero-order valence-electron chi connectivity index (χ0n) is 13.6. The third-order valence-corrected chi connectivity index (χ3v) is 3.48. The van der Waals surface area contributed by atoms with Gasteiger partial charge in [-0.1, -0.05) is 12.1 Å². The first-order chi connectivity index (χ1) is 11.5. The van der Waals surface area contributed by atoms with E-state index in [1.807, 2.05) is 24.3 Å². The van der Waals surface area contributed by atoms with E-state index in [1.165, 1.54) is 18.2 Å². The Kier molecular flexibility index (Phi) is 5.89. The number of hydrogen-bond acceptors (Lipinski definition) is 3. The van der Waals surface area contributed by atoms with Gasteiger partial charge in [0.15, 0.2) is 0 Å². The first kappa shape index (κ1) is 17.5. The molecule has 0 aliphatic heterocycles. The highest BCUT2D eigenvalue weighted by Crippen LogP contribution is 2.13. The van der Waals surface area contributed by atoms with Crippen molar-refractivity contribution < 1.29 is 18.7 Å². The summed E-state index contributed by atoms with van der Waals surface area (Å²) in [4.78, 5) is 23.6. The Morgan fingerprint density at radius 3 is 2.42 bits per heavy atom. The molecule has 0 fully saturated rings. The fraction of sp³-hybridized carbons (Fsp3) is 0.222. The molecule has 24 heavy (non-hydrogen) atoms. The number of rotatable bonds is 5. The number of anilines is 1. The Morgan fingerprint density at radius 1 is 1.08 bits per heavy atom. The van der Waals surface area contributed by atoms with Crippen LogP contribution < -0.4 is 15.4 Å². The van der Waals surface area contributed by atoms with Crippen molar-refractivity contribution in [1.82, 2.24) is 5.32 Å². The van der Waals surface area contributed by atoms with Crippen LogP contribution >= 0.6 is 0 Å². The molecule has 0 heterocycles. The molecule has 0 aliphatic rings. The summed E-state index contributed by atoms with van der Waals surface area (Å²) in [6.07, 6.45) is 0.596. The zero-order valence-corrected chi connectivity index (χ0v) is 13.6. The van der Waals surface area contributed by atoms with Crippen molar-refractivity contribution in [1.29, 1.82) is 0 Å². The van der Waals surface area contributed by atoms with Gasteiger partial charge in [-0.25, -0.2) is 4.39 Å². The Labute approximate surface area is 139 Å². The average molecular weight is 330 g/mol. The van der Waals surface area contributed by atoms with E-state index in [4.69, 9.17) is 4.74 Å². The predicted octanol–water partition coefficient (Wildman–Crippen LogP) is 2.44. The molecule has 0 spiro atoms. The van der Waals surface area contributed by atoms with Crippen molar-refractivity contribution in [2.24, 2.45) is 0 Å². The molecule has 0 bridgehead atoms. The van der Waals surface area contributed by atoms with Gasteiger partial charge in [-0.3, -0.25) is 9.59 Å². The Morgan fingerprint density at radius 2 is 1.79 bits per heavy atom. The Bertz CT molecular complexity index is 730. The summed E-state index contributed by atoms with van der Waals surface area (Å²) in [7, 11) is 1.59. The molecule has 2 N–H and O–H groups in total. The number of halogens is 1. The van der Waals surface area contributed by atoms with Crippen molar-refractivity contribution in [3.05, 3.63) is 59.4 Å². The van der Waals surface area contributed by atoms with Crippen molar-refractivity contribution in [2.45, 2.75) is 13.3 Å². The van der Waals surface area contributed by atoms with Crippen molar-refractivity contribution in [2.75, 3.05) is 19.0 Å². The molecule has 6 heteroatoms. The van der Waals surface area contributed by atoms with Gasteiger partial charge in [-0.05, 0) is 54.8 Å². The van der Waals surface area contributed by atoms with Gasteiger partial charge in [0.05, 0.1) is 7.11 Å². The number of carbonyl (C=O) groups excluding carboxylic acids is 2. The third-order valence-electron chi connectivity index (χ3n) is 3.48. The second-order valence-electron chi connectivity index (χ2n) is 5.27. The number of carbonyl (C=O) groups is 2. The molecular formula is C18H19FN2O3. The molecule has 5 nitrogen and oxygen atoms in total. The summed E-state index contributed by atoms with van der Waals surface area (Å²) in [6.45, 7) is 1.92. The lowest BCUT2D eigenvalue weighted by Crippen LogP contribution is -2.36. The third kappa shape index (κ3) is 4.81. The summed E-state index contributed by atoms with van der Waals surface area (Å²) in [5, 5.41) is 4.99. The van der Waals surface area contributed by atoms with E-state index in [-0.39, 0.29) is 5.82 Å². The summed E-state index contributed by atoms with van der Waals surface area (Å²) < 4.78 is 18.2. The number of aryl methyl sites for hydroxylation is 1. The first-order valence-electron chi connectivity index (χ1n) is 7.48. The lowest BCUT2D eigenvalue weighted by Gasteiger charge is -2.08. The highest BCUT2D eigenvalue weighted by Gasteiger charge is 2.13. The van der Waals surface area contributed by atoms with E-state index in [0.717, 1.165) is 11.3 Å². The van der Waals surface area contributed by atoms with Gasteiger partial charge in [-0.2, -0.15) is 0 Å². The molecule has 2 aromatic carbocycles. The summed E-state index contributed by atoms with van der Waals surface area (Å²) in [5.41, 5.74) is 1.79. The van der Waals surface area contributed by atoms with Gasteiger partial charge in [-0.15, -0.1) is 0 Å². The van der Waals surface area contributed by atoms with Gasteiger partial charge in [0, 0.05) is 12.2 Å². The van der Waals surface area contributed by atoms with E-state index in [9.17, 15) is 14.0 Å². The van der Waals surface area contributed by atoms with Crippen LogP contribution in [0.5, 0.6) is 5.75 Å². The van der Waals surface area contributed by atoms with Crippen LogP contribution in [0, 0.1) is 12.7 Å². The molecule has 0 atom stereocenters. The van der Waals surface area contributed by atoms with Crippen LogP contribution in [0.15, 0.2) is 42.5 Å². The van der Waals surface area contributed by atoms with Crippen LogP contribution in [0.1, 0.15) is 11.1 Å². The minimum atomic E-state index is -0.782. The van der Waals surface area contributed by atoms with E-state index in [0.29, 0.717) is 24.2 Å². The Hall–Kier alpha value is -2.89. The van der Waals surface area contributed by atoms with Crippen LogP contribution in [0.4, 0.5) is 10.1 Å². The van der Waals surface area contributed by atoms with Crippen LogP contribution in [-0.2, 0) is 16.0 Å². The minimum Gasteiger partial charge on any atom is -0.497 e. The Balaban J connectivity index is 1.80. The maximum atomic E-state index is 13.2. The topological polar surface area (TPSA) is 67.4 Å². The van der Waals surface area contributed by atoms with E-state index >= 15 is 0 Å². The fourth-order valence-corrected chi connectivity index (χ4v) is 2.10. The molecule has 0 aromatic heterocycles. The highest BCUT2D eigenvalue weighted by molar-refractivity contribution is 6.39. The first-order valence-corrected chi connectivity index (χ1v) is 7.48. The SMILES string of the molecule is COc1ccc(CCNC(=O)C(=O)Nc2ccc(F)c(C)c2)cc1. The molecule has 0 radical (unpaired) electrons. The summed E-state index contributed by atoms with van der Waals surface area (Å²) in [6, 6.07) is 11.6. The predicted molar refractivity (Wildman–Crippen MR) is 89.5 cm³/mol. The quantitative estimate of drug-likeness (QED) is 0.828. The molecule has 2 amide bonds. The molecule has 0 saturated carbocycles. The molecular weight excluding hydrogens is 311 g/mol. The number of ether oxygens (including phenoxy) is 1. The number of amides is 2. The van der Waals surface area contributed by atoms with E-state index < -0.39 is 11.8 Å². The number of methoxy groups -OCH3 is 1. The van der Waals surface area contributed by atoms with Crippen LogP contribution in [-0.4, -0.2) is 25.5 Å². The van der Waals surface area contributed by atoms with Gasteiger partial charge in [0.2, 0.25) is 0 Å².